The molecule has 6 heteroatoms. The summed E-state index contributed by atoms with van der Waals surface area (Å²) in [5.74, 6) is 3.07. The summed E-state index contributed by atoms with van der Waals surface area (Å²) in [6.45, 7) is 6.07. The van der Waals surface area contributed by atoms with E-state index in [0.717, 1.165) is 29.7 Å². The number of rotatable bonds is 5. The highest BCUT2D eigenvalue weighted by atomic mass is 32.1. The number of carbonyl (C=O) groups excluding carboxylic acids is 1. The van der Waals surface area contributed by atoms with E-state index in [4.69, 9.17) is 6.42 Å². The smallest absolute Gasteiger partial charge is 0.262 e. The van der Waals surface area contributed by atoms with Crippen molar-refractivity contribution in [2.24, 2.45) is 5.92 Å². The molecule has 2 heterocycles. The monoisotopic (exact) mass is 371 g/mol. The Labute approximate surface area is 157 Å². The quantitative estimate of drug-likeness (QED) is 0.822. The van der Waals surface area contributed by atoms with Gasteiger partial charge < -0.3 is 5.32 Å². The minimum Gasteiger partial charge on any atom is -0.338 e. The second-order valence-electron chi connectivity index (χ2n) is 7.19. The van der Waals surface area contributed by atoms with E-state index < -0.39 is 5.54 Å². The van der Waals surface area contributed by atoms with E-state index in [0.29, 0.717) is 24.1 Å². The van der Waals surface area contributed by atoms with E-state index in [1.807, 2.05) is 13.8 Å². The van der Waals surface area contributed by atoms with E-state index in [-0.39, 0.29) is 18.0 Å². The zero-order valence-electron chi connectivity index (χ0n) is 15.6. The number of terminal acetylenes is 1. The molecule has 0 spiro atoms. The molecule has 1 N–H and O–H groups in total. The summed E-state index contributed by atoms with van der Waals surface area (Å²) in [5, 5.41) is 3.60. The summed E-state index contributed by atoms with van der Waals surface area (Å²) in [6, 6.07) is 0. The molecule has 0 saturated carbocycles. The van der Waals surface area contributed by atoms with E-state index in [1.165, 1.54) is 15.8 Å². The molecule has 2 aromatic rings. The van der Waals surface area contributed by atoms with E-state index in [1.54, 1.807) is 11.3 Å². The number of nitrogens with zero attached hydrogens (tertiary/aromatic N) is 2. The maximum atomic E-state index is 13.0. The molecule has 5 nitrogen and oxygen atoms in total. The second kappa shape index (κ2) is 7.24. The number of hydrogen-bond donors (Lipinski definition) is 1. The maximum Gasteiger partial charge on any atom is 0.262 e. The maximum absolute atomic E-state index is 13.0. The average molecular weight is 372 g/mol. The van der Waals surface area contributed by atoms with Gasteiger partial charge in [-0.25, -0.2) is 4.98 Å². The number of aromatic nitrogens is 2. The number of amides is 1. The molecule has 138 valence electrons. The van der Waals surface area contributed by atoms with Crippen molar-refractivity contribution < 1.29 is 4.79 Å². The number of hydrogen-bond acceptors (Lipinski definition) is 4. The molecule has 1 unspecified atom stereocenters. The normalized spacial score (nSPS) is 16.9. The first-order valence-corrected chi connectivity index (χ1v) is 10.0. The Bertz CT molecular complexity index is 931. The highest BCUT2D eigenvalue weighted by Crippen LogP contribution is 2.35. The second-order valence-corrected chi connectivity index (χ2v) is 8.27. The summed E-state index contributed by atoms with van der Waals surface area (Å²) in [6.07, 6.45) is 11.4. The molecule has 0 bridgehead atoms. The fourth-order valence-corrected chi connectivity index (χ4v) is 4.95. The number of fused-ring (bicyclic) bond motifs is 3. The van der Waals surface area contributed by atoms with Crippen LogP contribution in [0.2, 0.25) is 0 Å². The van der Waals surface area contributed by atoms with Crippen molar-refractivity contribution >= 4 is 27.5 Å². The molecule has 26 heavy (non-hydrogen) atoms. The van der Waals surface area contributed by atoms with Crippen molar-refractivity contribution in [2.45, 2.75) is 65.0 Å². The van der Waals surface area contributed by atoms with Gasteiger partial charge in [0.25, 0.3) is 5.56 Å². The lowest BCUT2D eigenvalue weighted by Crippen LogP contribution is -2.48. The third-order valence-corrected chi connectivity index (χ3v) is 6.62. The van der Waals surface area contributed by atoms with Gasteiger partial charge in [0.2, 0.25) is 5.91 Å². The van der Waals surface area contributed by atoms with Gasteiger partial charge in [-0.05, 0) is 43.6 Å². The zero-order valence-corrected chi connectivity index (χ0v) is 16.4. The number of thiophene rings is 1. The van der Waals surface area contributed by atoms with E-state index in [2.05, 4.69) is 23.1 Å². The first-order valence-electron chi connectivity index (χ1n) is 9.21. The summed E-state index contributed by atoms with van der Waals surface area (Å²) < 4.78 is 1.40. The first-order chi connectivity index (χ1) is 12.4. The molecule has 0 fully saturated rings. The minimum atomic E-state index is -0.657. The van der Waals surface area contributed by atoms with Crippen LogP contribution in [0.4, 0.5) is 0 Å². The van der Waals surface area contributed by atoms with Gasteiger partial charge in [-0.1, -0.05) is 26.7 Å². The molecular weight excluding hydrogens is 346 g/mol. The Kier molecular flexibility index (Phi) is 5.19. The SMILES string of the molecule is C#CC(CC)(CC)NC(=O)Cn1cnc2sc3c(c2c1=O)CCC(C)C3. The molecular formula is C20H25N3O2S. The third kappa shape index (κ3) is 3.28. The van der Waals surface area contributed by atoms with Crippen LogP contribution in [0.25, 0.3) is 10.2 Å². The molecule has 1 amide bonds. The topological polar surface area (TPSA) is 64.0 Å². The Morgan fingerprint density at radius 1 is 1.50 bits per heavy atom. The van der Waals surface area contributed by atoms with Crippen LogP contribution >= 0.6 is 11.3 Å². The van der Waals surface area contributed by atoms with Gasteiger partial charge in [0.15, 0.2) is 0 Å². The van der Waals surface area contributed by atoms with Gasteiger partial charge in [0, 0.05) is 4.88 Å². The van der Waals surface area contributed by atoms with Gasteiger partial charge in [-0.2, -0.15) is 0 Å². The van der Waals surface area contributed by atoms with Gasteiger partial charge >= 0.3 is 0 Å². The van der Waals surface area contributed by atoms with E-state index >= 15 is 0 Å². The molecule has 0 aliphatic heterocycles. The van der Waals surface area contributed by atoms with Gasteiger partial charge in [-0.3, -0.25) is 14.2 Å². The largest absolute Gasteiger partial charge is 0.338 e. The lowest BCUT2D eigenvalue weighted by Gasteiger charge is -2.27. The summed E-state index contributed by atoms with van der Waals surface area (Å²) in [4.78, 5) is 31.9. The third-order valence-electron chi connectivity index (χ3n) is 5.46. The average Bonchev–Trinajstić information content (AvgIpc) is 3.00. The van der Waals surface area contributed by atoms with Crippen LogP contribution in [-0.2, 0) is 24.2 Å². The van der Waals surface area contributed by atoms with Crippen LogP contribution in [0.15, 0.2) is 11.1 Å². The Balaban J connectivity index is 1.90. The van der Waals surface area contributed by atoms with Crippen molar-refractivity contribution in [3.8, 4) is 12.3 Å². The Morgan fingerprint density at radius 3 is 2.88 bits per heavy atom. The standard InChI is InChI=1S/C20H25N3O2S/c1-5-20(6-2,7-3)22-16(24)11-23-12-21-18-17(19(23)25)14-9-8-13(4)10-15(14)26-18/h1,12-13H,6-11H2,2-4H3,(H,22,24). The predicted octanol–water partition coefficient (Wildman–Crippen LogP) is 2.89. The van der Waals surface area contributed by atoms with Crippen molar-refractivity contribution in [3.05, 3.63) is 27.1 Å². The number of nitrogens with one attached hydrogen (secondary N) is 1. The highest BCUT2D eigenvalue weighted by Gasteiger charge is 2.26. The molecule has 1 aliphatic carbocycles. The van der Waals surface area contributed by atoms with Gasteiger partial charge in [-0.15, -0.1) is 17.8 Å². The minimum absolute atomic E-state index is 0.0633. The summed E-state index contributed by atoms with van der Waals surface area (Å²) >= 11 is 1.61. The predicted molar refractivity (Wildman–Crippen MR) is 105 cm³/mol. The van der Waals surface area contributed by atoms with Crippen LogP contribution in [0, 0.1) is 18.3 Å². The van der Waals surface area contributed by atoms with Crippen molar-refractivity contribution in [1.82, 2.24) is 14.9 Å². The zero-order chi connectivity index (χ0) is 18.9. The van der Waals surface area contributed by atoms with Gasteiger partial charge in [0.1, 0.15) is 16.9 Å². The molecule has 1 atom stereocenters. The molecule has 3 rings (SSSR count). The van der Waals surface area contributed by atoms with Crippen molar-refractivity contribution in [3.63, 3.8) is 0 Å². The van der Waals surface area contributed by atoms with Crippen molar-refractivity contribution in [1.29, 1.82) is 0 Å². The van der Waals surface area contributed by atoms with Crippen LogP contribution in [0.3, 0.4) is 0 Å². The summed E-state index contributed by atoms with van der Waals surface area (Å²) in [7, 11) is 0. The lowest BCUT2D eigenvalue weighted by atomic mass is 9.89. The fourth-order valence-electron chi connectivity index (χ4n) is 3.61. The number of aryl methyl sites for hydroxylation is 1. The molecule has 0 saturated heterocycles. The number of carbonyl (C=O) groups is 1. The van der Waals surface area contributed by atoms with Crippen molar-refractivity contribution in [2.75, 3.05) is 0 Å². The molecule has 0 aromatic carbocycles. The molecule has 1 aliphatic rings. The van der Waals surface area contributed by atoms with Crippen LogP contribution < -0.4 is 10.9 Å². The molecule has 2 aromatic heterocycles. The Morgan fingerprint density at radius 2 is 2.23 bits per heavy atom. The van der Waals surface area contributed by atoms with Crippen LogP contribution in [-0.4, -0.2) is 21.0 Å². The fraction of sp³-hybridized carbons (Fsp3) is 0.550. The van der Waals surface area contributed by atoms with E-state index in [9.17, 15) is 9.59 Å². The Hall–Kier alpha value is -2.13. The summed E-state index contributed by atoms with van der Waals surface area (Å²) in [5.41, 5.74) is 0.350. The van der Waals surface area contributed by atoms with Gasteiger partial charge in [0.05, 0.1) is 11.7 Å². The van der Waals surface area contributed by atoms with Crippen LogP contribution in [0.1, 0.15) is 50.5 Å². The molecule has 0 radical (unpaired) electrons. The first kappa shape index (κ1) is 18.7. The van der Waals surface area contributed by atoms with Crippen LogP contribution in [0.5, 0.6) is 0 Å². The lowest BCUT2D eigenvalue weighted by molar-refractivity contribution is -0.123. The highest BCUT2D eigenvalue weighted by molar-refractivity contribution is 7.18.